The van der Waals surface area contributed by atoms with E-state index in [1.54, 1.807) is 10.4 Å². The van der Waals surface area contributed by atoms with E-state index in [1.165, 1.54) is 11.3 Å². The summed E-state index contributed by atoms with van der Waals surface area (Å²) in [6.07, 6.45) is 2.20. The van der Waals surface area contributed by atoms with Crippen LogP contribution in [0.15, 0.2) is 16.3 Å². The topological polar surface area (TPSA) is 49.4 Å². The fourth-order valence-electron chi connectivity index (χ4n) is 2.91. The molecule has 21 heavy (non-hydrogen) atoms. The lowest BCUT2D eigenvalue weighted by Crippen LogP contribution is -2.42. The minimum Gasteiger partial charge on any atom is -0.312 e. The van der Waals surface area contributed by atoms with Gasteiger partial charge in [-0.2, -0.15) is 4.31 Å². The highest BCUT2D eigenvalue weighted by Crippen LogP contribution is 2.30. The molecule has 6 heteroatoms. The molecule has 120 valence electrons. The lowest BCUT2D eigenvalue weighted by molar-refractivity contribution is 0.223. The number of nitrogens with one attached hydrogen (secondary N) is 1. The van der Waals surface area contributed by atoms with E-state index in [1.807, 2.05) is 6.07 Å². The van der Waals surface area contributed by atoms with Crippen molar-refractivity contribution < 1.29 is 8.42 Å². The maximum Gasteiger partial charge on any atom is 0.252 e. The molecule has 2 atom stereocenters. The van der Waals surface area contributed by atoms with Crippen LogP contribution in [0.25, 0.3) is 0 Å². The Balaban J connectivity index is 2.08. The van der Waals surface area contributed by atoms with Gasteiger partial charge in [-0.25, -0.2) is 8.42 Å². The molecule has 0 bridgehead atoms. The van der Waals surface area contributed by atoms with E-state index in [0.29, 0.717) is 29.1 Å². The molecule has 4 nitrogen and oxygen atoms in total. The average molecular weight is 331 g/mol. The summed E-state index contributed by atoms with van der Waals surface area (Å²) in [5.41, 5.74) is 0. The third-order valence-electron chi connectivity index (χ3n) is 3.79. The van der Waals surface area contributed by atoms with Gasteiger partial charge in [0.05, 0.1) is 0 Å². The molecule has 1 aromatic rings. The van der Waals surface area contributed by atoms with Crippen molar-refractivity contribution in [2.45, 2.75) is 44.4 Å². The molecule has 1 aliphatic rings. The van der Waals surface area contributed by atoms with Gasteiger partial charge in [-0.15, -0.1) is 11.3 Å². The zero-order valence-corrected chi connectivity index (χ0v) is 14.8. The lowest BCUT2D eigenvalue weighted by Gasteiger charge is -2.33. The third-order valence-corrected chi connectivity index (χ3v) is 7.18. The van der Waals surface area contributed by atoms with Crippen molar-refractivity contribution in [3.05, 3.63) is 17.0 Å². The third kappa shape index (κ3) is 4.28. The molecule has 2 heterocycles. The Morgan fingerprint density at radius 1 is 1.29 bits per heavy atom. The monoisotopic (exact) mass is 330 g/mol. The number of piperidine rings is 1. The molecule has 0 amide bonds. The van der Waals surface area contributed by atoms with E-state index in [9.17, 15) is 8.42 Å². The summed E-state index contributed by atoms with van der Waals surface area (Å²) in [4.78, 5) is 1.08. The smallest absolute Gasteiger partial charge is 0.252 e. The van der Waals surface area contributed by atoms with Crippen molar-refractivity contribution in [1.82, 2.24) is 9.62 Å². The van der Waals surface area contributed by atoms with Crippen LogP contribution in [-0.4, -0.2) is 32.4 Å². The first-order valence-corrected chi connectivity index (χ1v) is 9.98. The van der Waals surface area contributed by atoms with Crippen LogP contribution < -0.4 is 5.32 Å². The van der Waals surface area contributed by atoms with Crippen LogP contribution in [0, 0.1) is 11.8 Å². The fourth-order valence-corrected chi connectivity index (χ4v) is 6.07. The Labute approximate surface area is 132 Å². The van der Waals surface area contributed by atoms with Gasteiger partial charge in [0, 0.05) is 24.5 Å². The van der Waals surface area contributed by atoms with Crippen molar-refractivity contribution in [3.63, 3.8) is 0 Å². The number of nitrogens with zero attached hydrogens (tertiary/aromatic N) is 1. The van der Waals surface area contributed by atoms with Crippen LogP contribution in [0.2, 0.25) is 0 Å². The van der Waals surface area contributed by atoms with Crippen molar-refractivity contribution in [2.24, 2.45) is 11.8 Å². The van der Waals surface area contributed by atoms with Gasteiger partial charge < -0.3 is 5.32 Å². The Hall–Kier alpha value is -0.430. The number of hydrogen-bond donors (Lipinski definition) is 1. The van der Waals surface area contributed by atoms with Crippen LogP contribution in [0.3, 0.4) is 0 Å². The lowest BCUT2D eigenvalue weighted by atomic mass is 9.94. The van der Waals surface area contributed by atoms with Crippen molar-refractivity contribution in [2.75, 3.05) is 19.6 Å². The highest BCUT2D eigenvalue weighted by molar-refractivity contribution is 7.91. The predicted molar refractivity (Wildman–Crippen MR) is 88.0 cm³/mol. The Bertz CT molecular complexity index is 544. The Morgan fingerprint density at radius 2 is 1.95 bits per heavy atom. The van der Waals surface area contributed by atoms with Crippen LogP contribution >= 0.6 is 11.3 Å². The summed E-state index contributed by atoms with van der Waals surface area (Å²) in [5.74, 6) is 0.878. The van der Waals surface area contributed by atoms with Crippen molar-refractivity contribution in [1.29, 1.82) is 0 Å². The Kier molecular flexibility index (Phi) is 5.82. The van der Waals surface area contributed by atoms with Crippen LogP contribution in [0.4, 0.5) is 0 Å². The van der Waals surface area contributed by atoms with E-state index in [0.717, 1.165) is 30.8 Å². The summed E-state index contributed by atoms with van der Waals surface area (Å²) >= 11 is 1.39. The molecule has 1 aliphatic heterocycles. The first-order chi connectivity index (χ1) is 9.93. The largest absolute Gasteiger partial charge is 0.312 e. The van der Waals surface area contributed by atoms with E-state index in [4.69, 9.17) is 0 Å². The fraction of sp³-hybridized carbons (Fsp3) is 0.733. The highest BCUT2D eigenvalue weighted by atomic mass is 32.2. The summed E-state index contributed by atoms with van der Waals surface area (Å²) in [6, 6.07) is 3.68. The Morgan fingerprint density at radius 3 is 2.57 bits per heavy atom. The number of hydrogen-bond acceptors (Lipinski definition) is 4. The summed E-state index contributed by atoms with van der Waals surface area (Å²) in [7, 11) is -3.31. The molecule has 1 saturated heterocycles. The van der Waals surface area contributed by atoms with Gasteiger partial charge in [-0.1, -0.05) is 20.8 Å². The molecule has 1 fully saturated rings. The first kappa shape index (κ1) is 16.9. The van der Waals surface area contributed by atoms with Gasteiger partial charge in [0.1, 0.15) is 4.21 Å². The van der Waals surface area contributed by atoms with Gasteiger partial charge in [0.2, 0.25) is 0 Å². The molecule has 2 unspecified atom stereocenters. The maximum absolute atomic E-state index is 12.7. The van der Waals surface area contributed by atoms with Gasteiger partial charge in [0.25, 0.3) is 10.0 Å². The van der Waals surface area contributed by atoms with E-state index in [-0.39, 0.29) is 0 Å². The molecule has 0 radical (unpaired) electrons. The zero-order valence-electron chi connectivity index (χ0n) is 13.1. The predicted octanol–water partition coefficient (Wildman–Crippen LogP) is 2.91. The van der Waals surface area contributed by atoms with Crippen LogP contribution in [0.1, 0.15) is 38.5 Å². The summed E-state index contributed by atoms with van der Waals surface area (Å²) < 4.78 is 27.6. The van der Waals surface area contributed by atoms with Crippen LogP contribution in [-0.2, 0) is 16.6 Å². The van der Waals surface area contributed by atoms with Gasteiger partial charge in [0.15, 0.2) is 0 Å². The van der Waals surface area contributed by atoms with Gasteiger partial charge in [-0.05, 0) is 43.4 Å². The minimum absolute atomic E-state index is 0.439. The quantitative estimate of drug-likeness (QED) is 0.816. The molecule has 1 aromatic heterocycles. The molecular formula is C15H26N2O2S2. The van der Waals surface area contributed by atoms with Gasteiger partial charge in [-0.3, -0.25) is 0 Å². The average Bonchev–Trinajstić information content (AvgIpc) is 2.87. The standard InChI is InChI=1S/C15H26N2O2S2/c1-4-7-16-9-14-5-6-15(20-14)21(18,19)17-10-12(2)8-13(3)11-17/h5-6,12-13,16H,4,7-11H2,1-3H3. The SMILES string of the molecule is CCCNCc1ccc(S(=O)(=O)N2CC(C)CC(C)C2)s1. The zero-order chi connectivity index (χ0) is 15.5. The van der Waals surface area contributed by atoms with Crippen LogP contribution in [0.5, 0.6) is 0 Å². The second-order valence-electron chi connectivity index (χ2n) is 6.17. The molecular weight excluding hydrogens is 304 g/mol. The van der Waals surface area contributed by atoms with Crippen molar-refractivity contribution >= 4 is 21.4 Å². The van der Waals surface area contributed by atoms with E-state index >= 15 is 0 Å². The number of sulfonamides is 1. The summed E-state index contributed by atoms with van der Waals surface area (Å²) in [5, 5.41) is 3.31. The molecule has 0 aromatic carbocycles. The maximum atomic E-state index is 12.7. The summed E-state index contributed by atoms with van der Waals surface area (Å²) in [6.45, 7) is 9.39. The highest BCUT2D eigenvalue weighted by Gasteiger charge is 2.32. The molecule has 0 spiro atoms. The van der Waals surface area contributed by atoms with E-state index in [2.05, 4.69) is 26.1 Å². The minimum atomic E-state index is -3.31. The van der Waals surface area contributed by atoms with E-state index < -0.39 is 10.0 Å². The molecule has 2 rings (SSSR count). The molecule has 0 saturated carbocycles. The second kappa shape index (κ2) is 7.22. The van der Waals surface area contributed by atoms with Crippen molar-refractivity contribution in [3.8, 4) is 0 Å². The second-order valence-corrected chi connectivity index (χ2v) is 9.50. The number of rotatable bonds is 6. The van der Waals surface area contributed by atoms with Gasteiger partial charge >= 0.3 is 0 Å². The normalized spacial score (nSPS) is 24.3. The number of thiophene rings is 1. The molecule has 0 aliphatic carbocycles. The first-order valence-electron chi connectivity index (χ1n) is 7.73. The molecule has 1 N–H and O–H groups in total.